The number of hydrogen-bond donors (Lipinski definition) is 3. The summed E-state index contributed by atoms with van der Waals surface area (Å²) in [6.45, 7) is 3.64. The van der Waals surface area contributed by atoms with Crippen LogP contribution < -0.4 is 9.47 Å². The first-order valence-corrected chi connectivity index (χ1v) is 13.3. The molecular formula is C26H33O7P. The second kappa shape index (κ2) is 9.84. The molecule has 1 heterocycles. The Morgan fingerprint density at radius 1 is 1.21 bits per heavy atom. The lowest BCUT2D eigenvalue weighted by Crippen LogP contribution is -2.41. The maximum Gasteiger partial charge on any atom is 0.328 e. The highest BCUT2D eigenvalue weighted by Crippen LogP contribution is 2.52. The van der Waals surface area contributed by atoms with Crippen LogP contribution in [-0.2, 0) is 15.5 Å². The lowest BCUT2D eigenvalue weighted by Gasteiger charge is -2.30. The van der Waals surface area contributed by atoms with Gasteiger partial charge in [-0.3, -0.25) is 4.57 Å². The Balaban J connectivity index is 1.50. The van der Waals surface area contributed by atoms with Gasteiger partial charge in [0.05, 0.1) is 12.3 Å². The van der Waals surface area contributed by atoms with Crippen molar-refractivity contribution in [1.82, 2.24) is 0 Å². The van der Waals surface area contributed by atoms with Gasteiger partial charge in [0.1, 0.15) is 29.3 Å². The van der Waals surface area contributed by atoms with Gasteiger partial charge in [-0.2, -0.15) is 0 Å². The fourth-order valence-electron chi connectivity index (χ4n) is 4.84. The summed E-state index contributed by atoms with van der Waals surface area (Å²) in [7, 11) is -2.39. The predicted octanol–water partition coefficient (Wildman–Crippen LogP) is 4.06. The van der Waals surface area contributed by atoms with Crippen LogP contribution in [0.1, 0.15) is 37.3 Å². The third-order valence-electron chi connectivity index (χ3n) is 6.79. The molecule has 34 heavy (non-hydrogen) atoms. The predicted molar refractivity (Wildman–Crippen MR) is 129 cm³/mol. The first kappa shape index (κ1) is 25.0. The largest absolute Gasteiger partial charge is 0.489 e. The monoisotopic (exact) mass is 488 g/mol. The maximum absolute atomic E-state index is 11.9. The molecule has 1 fully saturated rings. The molecular weight excluding hydrogens is 455 g/mol. The Morgan fingerprint density at radius 2 is 1.94 bits per heavy atom. The van der Waals surface area contributed by atoms with Crippen molar-refractivity contribution in [3.8, 4) is 11.5 Å². The number of hydrogen-bond acceptors (Lipinski definition) is 6. The van der Waals surface area contributed by atoms with Gasteiger partial charge >= 0.3 is 7.60 Å². The average Bonchev–Trinajstić information content (AvgIpc) is 3.31. The quantitative estimate of drug-likeness (QED) is 0.361. The van der Waals surface area contributed by atoms with Crippen molar-refractivity contribution in [2.75, 3.05) is 13.3 Å². The van der Waals surface area contributed by atoms with E-state index in [1.165, 1.54) is 7.11 Å². The Labute approximate surface area is 200 Å². The molecule has 0 aromatic heterocycles. The second-order valence-corrected chi connectivity index (χ2v) is 11.6. The number of rotatable bonds is 9. The number of benzene rings is 2. The highest BCUT2D eigenvalue weighted by Gasteiger charge is 2.49. The van der Waals surface area contributed by atoms with E-state index >= 15 is 0 Å². The van der Waals surface area contributed by atoms with Crippen LogP contribution in [0, 0.1) is 5.92 Å². The van der Waals surface area contributed by atoms with E-state index in [1.807, 2.05) is 68.5 Å². The van der Waals surface area contributed by atoms with E-state index in [4.69, 9.17) is 14.0 Å². The van der Waals surface area contributed by atoms with Gasteiger partial charge in [0.25, 0.3) is 0 Å². The zero-order valence-electron chi connectivity index (χ0n) is 19.7. The summed E-state index contributed by atoms with van der Waals surface area (Å²) in [6.07, 6.45) is 2.74. The summed E-state index contributed by atoms with van der Waals surface area (Å²) < 4.78 is 28.8. The molecule has 6 atom stereocenters. The van der Waals surface area contributed by atoms with Crippen LogP contribution in [0.15, 0.2) is 60.7 Å². The fraction of sp³-hybridized carbons (Fsp3) is 0.462. The number of para-hydroxylation sites is 2. The number of fused-ring (bicyclic) bond motifs is 3. The van der Waals surface area contributed by atoms with Crippen molar-refractivity contribution in [3.05, 3.63) is 71.8 Å². The van der Waals surface area contributed by atoms with E-state index in [0.717, 1.165) is 16.9 Å². The van der Waals surface area contributed by atoms with Gasteiger partial charge in [0.15, 0.2) is 0 Å². The van der Waals surface area contributed by atoms with Gasteiger partial charge in [-0.15, -0.1) is 0 Å². The minimum absolute atomic E-state index is 0.00723. The first-order valence-electron chi connectivity index (χ1n) is 11.6. The standard InChI is InChI=1S/C26H33O7P/c1-26(2,33-18-9-5-4-6-10-18)23(28)13-12-19-21(27)16-22-24(19)20-11-7-8-17(25(20)32-22)14-15-34(29,30)31-3/h4-13,19,21-24,27-28H,14-16H2,1-3H3,(H,29,30)/b13-12+/t19-,21+,22-,23+,24-/m0/s1. The number of ether oxygens (including phenoxy) is 2. The van der Waals surface area contributed by atoms with Crippen molar-refractivity contribution in [2.24, 2.45) is 5.92 Å². The molecule has 0 bridgehead atoms. The third-order valence-corrected chi connectivity index (χ3v) is 8.15. The Kier molecular flexibility index (Phi) is 7.22. The Bertz CT molecular complexity index is 1070. The third kappa shape index (κ3) is 5.24. The minimum Gasteiger partial charge on any atom is -0.489 e. The Hall–Kier alpha value is -2.15. The lowest BCUT2D eigenvalue weighted by atomic mass is 9.86. The molecule has 0 spiro atoms. The highest BCUT2D eigenvalue weighted by molar-refractivity contribution is 7.52. The molecule has 1 aliphatic heterocycles. The summed E-state index contributed by atoms with van der Waals surface area (Å²) in [4.78, 5) is 9.77. The van der Waals surface area contributed by atoms with Gasteiger partial charge in [0, 0.05) is 30.9 Å². The average molecular weight is 489 g/mol. The maximum atomic E-state index is 11.9. The summed E-state index contributed by atoms with van der Waals surface area (Å²) in [5.41, 5.74) is 0.971. The SMILES string of the molecule is COP(=O)(O)CCc1cccc2c1O[C@H]1C[C@@H](O)[C@H](/C=C/[C@@H](O)C(C)(C)Oc3ccccc3)[C@@H]21. The van der Waals surface area contributed by atoms with E-state index in [9.17, 15) is 19.7 Å². The molecule has 2 aliphatic rings. The van der Waals surface area contributed by atoms with Gasteiger partial charge < -0.3 is 29.1 Å². The van der Waals surface area contributed by atoms with Gasteiger partial charge in [-0.25, -0.2) is 0 Å². The van der Waals surface area contributed by atoms with Crippen molar-refractivity contribution < 1.29 is 33.7 Å². The van der Waals surface area contributed by atoms with Crippen molar-refractivity contribution in [3.63, 3.8) is 0 Å². The fourth-order valence-corrected chi connectivity index (χ4v) is 5.54. The molecule has 0 amide bonds. The summed E-state index contributed by atoms with van der Waals surface area (Å²) >= 11 is 0. The van der Waals surface area contributed by atoms with E-state index < -0.39 is 25.4 Å². The topological polar surface area (TPSA) is 105 Å². The second-order valence-electron chi connectivity index (χ2n) is 9.54. The smallest absolute Gasteiger partial charge is 0.328 e. The molecule has 8 heteroatoms. The van der Waals surface area contributed by atoms with Crippen LogP contribution in [0.3, 0.4) is 0 Å². The molecule has 1 saturated carbocycles. The zero-order chi connectivity index (χ0) is 24.5. The summed E-state index contributed by atoms with van der Waals surface area (Å²) in [6, 6.07) is 15.1. The van der Waals surface area contributed by atoms with Crippen molar-refractivity contribution in [1.29, 1.82) is 0 Å². The molecule has 3 N–H and O–H groups in total. The summed E-state index contributed by atoms with van der Waals surface area (Å²) in [5.74, 6) is 1.11. The molecule has 1 aliphatic carbocycles. The first-order chi connectivity index (χ1) is 16.1. The van der Waals surface area contributed by atoms with E-state index in [-0.39, 0.29) is 24.1 Å². The number of aliphatic hydroxyl groups excluding tert-OH is 2. The van der Waals surface area contributed by atoms with Crippen LogP contribution in [-0.4, -0.2) is 52.3 Å². The molecule has 2 aromatic rings. The molecule has 1 unspecified atom stereocenters. The highest BCUT2D eigenvalue weighted by atomic mass is 31.2. The van der Waals surface area contributed by atoms with E-state index in [0.29, 0.717) is 18.6 Å². The van der Waals surface area contributed by atoms with E-state index in [1.54, 1.807) is 6.08 Å². The Morgan fingerprint density at radius 3 is 2.65 bits per heavy atom. The molecule has 184 valence electrons. The molecule has 4 rings (SSSR count). The lowest BCUT2D eigenvalue weighted by molar-refractivity contribution is -0.00221. The number of aryl methyl sites for hydroxylation is 1. The van der Waals surface area contributed by atoms with Crippen LogP contribution in [0.2, 0.25) is 0 Å². The molecule has 2 aromatic carbocycles. The normalized spacial score (nSPS) is 26.5. The van der Waals surface area contributed by atoms with Crippen LogP contribution in [0.5, 0.6) is 11.5 Å². The van der Waals surface area contributed by atoms with Gasteiger partial charge in [-0.05, 0) is 38.0 Å². The van der Waals surface area contributed by atoms with Crippen LogP contribution in [0.25, 0.3) is 0 Å². The van der Waals surface area contributed by atoms with E-state index in [2.05, 4.69) is 0 Å². The molecule has 0 saturated heterocycles. The van der Waals surface area contributed by atoms with Crippen LogP contribution in [0.4, 0.5) is 0 Å². The number of aliphatic hydroxyl groups is 2. The van der Waals surface area contributed by atoms with Crippen molar-refractivity contribution >= 4 is 7.60 Å². The van der Waals surface area contributed by atoms with Crippen molar-refractivity contribution in [2.45, 2.75) is 56.5 Å². The zero-order valence-corrected chi connectivity index (χ0v) is 20.6. The minimum atomic E-state index is -3.62. The van der Waals surface area contributed by atoms with Crippen LogP contribution >= 0.6 is 7.60 Å². The van der Waals surface area contributed by atoms with Gasteiger partial charge in [-0.1, -0.05) is 48.6 Å². The molecule has 7 nitrogen and oxygen atoms in total. The van der Waals surface area contributed by atoms with Gasteiger partial charge in [0.2, 0.25) is 0 Å². The molecule has 0 radical (unpaired) electrons. The summed E-state index contributed by atoms with van der Waals surface area (Å²) in [5, 5.41) is 21.6.